The van der Waals surface area contributed by atoms with E-state index in [2.05, 4.69) is 0 Å². The van der Waals surface area contributed by atoms with Gasteiger partial charge >= 0.3 is 11.7 Å². The van der Waals surface area contributed by atoms with E-state index in [1.165, 1.54) is 16.7 Å². The van der Waals surface area contributed by atoms with Crippen LogP contribution in [0.1, 0.15) is 6.42 Å². The fraction of sp³-hybridized carbons (Fsp3) is 0.529. The van der Waals surface area contributed by atoms with Crippen LogP contribution >= 0.6 is 11.6 Å². The number of aliphatic carboxylic acids is 1. The molecule has 1 aromatic heterocycles. The number of aryl methyl sites for hydroxylation is 1. The molecular formula is C17H25ClN2O9. The molecule has 164 valence electrons. The van der Waals surface area contributed by atoms with Crippen LogP contribution in [0.25, 0.3) is 11.1 Å². The van der Waals surface area contributed by atoms with Crippen molar-refractivity contribution < 1.29 is 39.1 Å². The molecule has 6 N–H and O–H groups in total. The third kappa shape index (κ3) is 7.31. The van der Waals surface area contributed by atoms with Gasteiger partial charge in [0.2, 0.25) is 0 Å². The minimum absolute atomic E-state index is 0.0153. The second-order valence-electron chi connectivity index (χ2n) is 6.09. The smallest absolute Gasteiger partial charge is 0.419 e. The molecule has 2 aromatic rings. The van der Waals surface area contributed by atoms with Crippen molar-refractivity contribution in [3.05, 3.63) is 27.7 Å². The number of nitrogens with zero attached hydrogens (tertiary/aromatic N) is 1. The molecule has 0 saturated heterocycles. The summed E-state index contributed by atoms with van der Waals surface area (Å²) >= 11 is 6.09. The number of oxazole rings is 1. The lowest BCUT2D eigenvalue weighted by Crippen LogP contribution is -2.50. The largest absolute Gasteiger partial charge is 0.489 e. The van der Waals surface area contributed by atoms with Crippen LogP contribution in [0.5, 0.6) is 5.75 Å². The van der Waals surface area contributed by atoms with Crippen LogP contribution in [0.2, 0.25) is 5.02 Å². The molecule has 0 aliphatic rings. The lowest BCUT2D eigenvalue weighted by Gasteiger charge is -2.20. The van der Waals surface area contributed by atoms with Gasteiger partial charge in [-0.2, -0.15) is 0 Å². The average molecular weight is 437 g/mol. The molecule has 0 fully saturated rings. The van der Waals surface area contributed by atoms with E-state index in [0.717, 1.165) is 0 Å². The number of rotatable bonds is 10. The van der Waals surface area contributed by atoms with Crippen LogP contribution in [0, 0.1) is 0 Å². The first-order valence-electron chi connectivity index (χ1n) is 8.49. The fourth-order valence-corrected chi connectivity index (χ4v) is 2.19. The van der Waals surface area contributed by atoms with Crippen LogP contribution in [0.4, 0.5) is 0 Å². The Bertz CT molecular complexity index is 837. The highest BCUT2D eigenvalue weighted by Crippen LogP contribution is 2.29. The van der Waals surface area contributed by atoms with E-state index in [-0.39, 0.29) is 13.0 Å². The molecule has 0 unspecified atom stereocenters. The van der Waals surface area contributed by atoms with Crippen molar-refractivity contribution in [2.75, 3.05) is 40.1 Å². The summed E-state index contributed by atoms with van der Waals surface area (Å²) in [6.07, 6.45) is -0.182. The van der Waals surface area contributed by atoms with Crippen molar-refractivity contribution in [3.63, 3.8) is 0 Å². The molecule has 29 heavy (non-hydrogen) atoms. The van der Waals surface area contributed by atoms with E-state index in [1.807, 2.05) is 0 Å². The Morgan fingerprint density at radius 1 is 1.24 bits per heavy atom. The van der Waals surface area contributed by atoms with Crippen molar-refractivity contribution in [1.29, 1.82) is 0 Å². The zero-order valence-electron chi connectivity index (χ0n) is 15.8. The molecule has 1 aromatic carbocycles. The molecular weight excluding hydrogens is 412 g/mol. The number of benzene rings is 1. The number of nitrogens with two attached hydrogens (primary N) is 1. The number of carbonyl (C=O) groups is 1. The monoisotopic (exact) mass is 436 g/mol. The molecule has 0 aliphatic carbocycles. The van der Waals surface area contributed by atoms with Gasteiger partial charge in [0.25, 0.3) is 0 Å². The Kier molecular flexibility index (Phi) is 10.1. The highest BCUT2D eigenvalue weighted by molar-refractivity contribution is 6.32. The number of hydrogen-bond donors (Lipinski definition) is 5. The van der Waals surface area contributed by atoms with Crippen molar-refractivity contribution >= 4 is 28.7 Å². The number of aliphatic hydroxyl groups is 3. The third-order valence-corrected chi connectivity index (χ3v) is 4.06. The number of methoxy groups -OCH3 is 1. The number of aromatic nitrogens is 1. The summed E-state index contributed by atoms with van der Waals surface area (Å²) < 4.78 is 16.6. The maximum absolute atomic E-state index is 11.7. The van der Waals surface area contributed by atoms with E-state index in [1.54, 1.807) is 7.11 Å². The molecule has 0 aliphatic heterocycles. The minimum atomic E-state index is -1.21. The van der Waals surface area contributed by atoms with Crippen LogP contribution in [0.15, 0.2) is 21.3 Å². The molecule has 0 amide bonds. The number of carboxylic acid groups (broad SMARTS) is 1. The van der Waals surface area contributed by atoms with Gasteiger partial charge in [-0.3, -0.25) is 9.36 Å². The Morgan fingerprint density at radius 3 is 2.34 bits per heavy atom. The Hall–Kier alpha value is -2.15. The van der Waals surface area contributed by atoms with Crippen LogP contribution in [-0.4, -0.2) is 76.6 Å². The SMILES string of the molecule is COCCOc1cc2oc(=O)n(CCC(=O)O)c2cc1Cl.NC(CO)(CO)CO. The second-order valence-corrected chi connectivity index (χ2v) is 6.50. The summed E-state index contributed by atoms with van der Waals surface area (Å²) in [5.74, 6) is -1.25. The first-order valence-corrected chi connectivity index (χ1v) is 8.87. The summed E-state index contributed by atoms with van der Waals surface area (Å²) in [7, 11) is 1.55. The van der Waals surface area contributed by atoms with Gasteiger partial charge < -0.3 is 40.1 Å². The Labute approximate surface area is 170 Å². The molecule has 0 atom stereocenters. The first kappa shape index (κ1) is 24.9. The standard InChI is InChI=1S/C13H14ClNO6.C4H11NO3/c1-19-4-5-20-10-7-11-9(6-8(10)14)15(13(18)21-11)3-2-12(16)17;5-4(1-6,2-7)3-8/h6-7H,2-5H2,1H3,(H,16,17);6-8H,1-3,5H2. The summed E-state index contributed by atoms with van der Waals surface area (Å²) in [5.41, 5.74) is 4.67. The summed E-state index contributed by atoms with van der Waals surface area (Å²) in [6.45, 7) is -0.481. The Morgan fingerprint density at radius 2 is 1.86 bits per heavy atom. The van der Waals surface area contributed by atoms with E-state index in [4.69, 9.17) is 51.7 Å². The van der Waals surface area contributed by atoms with E-state index in [0.29, 0.717) is 35.1 Å². The van der Waals surface area contributed by atoms with Gasteiger partial charge in [0.1, 0.15) is 12.4 Å². The van der Waals surface area contributed by atoms with Crippen LogP contribution in [0.3, 0.4) is 0 Å². The molecule has 1 heterocycles. The molecule has 2 rings (SSSR count). The predicted molar refractivity (Wildman–Crippen MR) is 103 cm³/mol. The van der Waals surface area contributed by atoms with Crippen molar-refractivity contribution in [2.24, 2.45) is 5.73 Å². The maximum atomic E-state index is 11.7. The number of halogens is 1. The molecule has 12 heteroatoms. The Balaban J connectivity index is 0.000000447. The maximum Gasteiger partial charge on any atom is 0.419 e. The molecule has 0 radical (unpaired) electrons. The summed E-state index contributed by atoms with van der Waals surface area (Å²) in [5, 5.41) is 34.0. The highest BCUT2D eigenvalue weighted by Gasteiger charge is 2.20. The number of aliphatic hydroxyl groups excluding tert-OH is 3. The van der Waals surface area contributed by atoms with Crippen LogP contribution in [-0.2, 0) is 16.1 Å². The lowest BCUT2D eigenvalue weighted by atomic mass is 10.1. The quantitative estimate of drug-likeness (QED) is 0.302. The zero-order chi connectivity index (χ0) is 22.0. The van der Waals surface area contributed by atoms with Gasteiger partial charge in [-0.25, -0.2) is 4.79 Å². The van der Waals surface area contributed by atoms with Crippen molar-refractivity contribution in [2.45, 2.75) is 18.5 Å². The number of carboxylic acids is 1. The number of fused-ring (bicyclic) bond motifs is 1. The van der Waals surface area contributed by atoms with Crippen LogP contribution < -0.4 is 16.2 Å². The fourth-order valence-electron chi connectivity index (χ4n) is 1.98. The van der Waals surface area contributed by atoms with Gasteiger partial charge in [0, 0.05) is 19.7 Å². The molecule has 11 nitrogen and oxygen atoms in total. The number of hydrogen-bond acceptors (Lipinski definition) is 9. The summed E-state index contributed by atoms with van der Waals surface area (Å²) in [4.78, 5) is 22.3. The van der Waals surface area contributed by atoms with Crippen molar-refractivity contribution in [1.82, 2.24) is 4.57 Å². The average Bonchev–Trinajstić information content (AvgIpc) is 3.00. The topological polar surface area (TPSA) is 178 Å². The lowest BCUT2D eigenvalue weighted by molar-refractivity contribution is -0.137. The molecule has 0 bridgehead atoms. The van der Waals surface area contributed by atoms with E-state index in [9.17, 15) is 9.59 Å². The van der Waals surface area contributed by atoms with Gasteiger partial charge in [-0.05, 0) is 6.07 Å². The predicted octanol–water partition coefficient (Wildman–Crippen LogP) is -0.591. The van der Waals surface area contributed by atoms with Crippen molar-refractivity contribution in [3.8, 4) is 5.75 Å². The third-order valence-electron chi connectivity index (χ3n) is 3.76. The first-order chi connectivity index (χ1) is 13.7. The highest BCUT2D eigenvalue weighted by atomic mass is 35.5. The normalized spacial score (nSPS) is 11.2. The minimum Gasteiger partial charge on any atom is -0.489 e. The van der Waals surface area contributed by atoms with Gasteiger partial charge in [0.15, 0.2) is 5.58 Å². The van der Waals surface area contributed by atoms with E-state index < -0.39 is 37.1 Å². The second kappa shape index (κ2) is 11.8. The summed E-state index contributed by atoms with van der Waals surface area (Å²) in [6, 6.07) is 3.03. The molecule has 0 spiro atoms. The van der Waals surface area contributed by atoms with E-state index >= 15 is 0 Å². The zero-order valence-corrected chi connectivity index (χ0v) is 16.6. The van der Waals surface area contributed by atoms with Gasteiger partial charge in [-0.15, -0.1) is 0 Å². The van der Waals surface area contributed by atoms with Gasteiger partial charge in [0.05, 0.1) is 48.9 Å². The molecule has 0 saturated carbocycles. The number of ether oxygens (including phenoxy) is 2. The van der Waals surface area contributed by atoms with Gasteiger partial charge in [-0.1, -0.05) is 11.6 Å².